The molecule has 1 aliphatic heterocycles. The number of aryl methyl sites for hydroxylation is 1. The van der Waals surface area contributed by atoms with Crippen molar-refractivity contribution in [2.45, 2.75) is 103 Å². The Morgan fingerprint density at radius 2 is 1.33 bits per heavy atom. The maximum absolute atomic E-state index is 12.6. The largest absolute Gasteiger partial charge is 0.489 e. The SMILES string of the molecule is CCCCCCCCCCCC(=O)Oc1ccc2c(c1)OC(c1ccc(OCc3ccccc3)cc1OCc1ccccc1)CC2. The minimum absolute atomic E-state index is 0.182. The van der Waals surface area contributed by atoms with Crippen LogP contribution >= 0.6 is 0 Å². The van der Waals surface area contributed by atoms with Gasteiger partial charge in [-0.05, 0) is 54.2 Å². The number of esters is 1. The first kappa shape index (κ1) is 33.1. The van der Waals surface area contributed by atoms with Crippen LogP contribution in [0.15, 0.2) is 97.1 Å². The highest BCUT2D eigenvalue weighted by atomic mass is 16.5. The molecule has 0 spiro atoms. The zero-order valence-electron chi connectivity index (χ0n) is 27.3. The van der Waals surface area contributed by atoms with Crippen molar-refractivity contribution in [3.63, 3.8) is 0 Å². The first-order valence-electron chi connectivity index (χ1n) is 17.2. The van der Waals surface area contributed by atoms with Crippen LogP contribution in [0.1, 0.15) is 106 Å². The van der Waals surface area contributed by atoms with Crippen molar-refractivity contribution < 1.29 is 23.7 Å². The lowest BCUT2D eigenvalue weighted by molar-refractivity contribution is -0.134. The highest BCUT2D eigenvalue weighted by Crippen LogP contribution is 2.41. The van der Waals surface area contributed by atoms with Crippen LogP contribution in [0.4, 0.5) is 0 Å². The van der Waals surface area contributed by atoms with Crippen molar-refractivity contribution in [3.05, 3.63) is 119 Å². The Labute approximate surface area is 274 Å². The molecule has 242 valence electrons. The zero-order chi connectivity index (χ0) is 31.8. The Kier molecular flexibility index (Phi) is 13.0. The van der Waals surface area contributed by atoms with Crippen molar-refractivity contribution in [1.29, 1.82) is 0 Å². The molecule has 0 bridgehead atoms. The van der Waals surface area contributed by atoms with Crippen molar-refractivity contribution in [3.8, 4) is 23.0 Å². The third-order valence-corrected chi connectivity index (χ3v) is 8.52. The van der Waals surface area contributed by atoms with Crippen LogP contribution in [0.2, 0.25) is 0 Å². The molecule has 1 atom stereocenters. The molecule has 5 rings (SSSR count). The molecule has 1 aliphatic rings. The lowest BCUT2D eigenvalue weighted by atomic mass is 9.96. The number of carbonyl (C=O) groups excluding carboxylic acids is 1. The van der Waals surface area contributed by atoms with E-state index in [-0.39, 0.29) is 12.1 Å². The van der Waals surface area contributed by atoms with E-state index in [0.29, 0.717) is 25.4 Å². The van der Waals surface area contributed by atoms with Gasteiger partial charge in [-0.2, -0.15) is 0 Å². The second-order valence-corrected chi connectivity index (χ2v) is 12.2. The molecule has 0 N–H and O–H groups in total. The minimum Gasteiger partial charge on any atom is -0.489 e. The molecular weight excluding hydrogens is 572 g/mol. The summed E-state index contributed by atoms with van der Waals surface area (Å²) < 4.78 is 24.8. The zero-order valence-corrected chi connectivity index (χ0v) is 27.3. The summed E-state index contributed by atoms with van der Waals surface area (Å²) in [7, 11) is 0. The topological polar surface area (TPSA) is 54.0 Å². The number of hydrogen-bond acceptors (Lipinski definition) is 5. The highest BCUT2D eigenvalue weighted by molar-refractivity contribution is 5.72. The number of unbranched alkanes of at least 4 members (excludes halogenated alkanes) is 8. The summed E-state index contributed by atoms with van der Waals surface area (Å²) in [6, 6.07) is 32.0. The van der Waals surface area contributed by atoms with Crippen molar-refractivity contribution in [2.75, 3.05) is 0 Å². The Balaban J connectivity index is 1.19. The molecule has 0 aliphatic carbocycles. The number of carbonyl (C=O) groups is 1. The number of benzene rings is 4. The van der Waals surface area contributed by atoms with E-state index in [0.717, 1.165) is 65.2 Å². The van der Waals surface area contributed by atoms with E-state index in [1.165, 1.54) is 44.9 Å². The summed E-state index contributed by atoms with van der Waals surface area (Å²) in [5, 5.41) is 0. The van der Waals surface area contributed by atoms with Crippen LogP contribution in [-0.2, 0) is 24.4 Å². The molecule has 0 fully saturated rings. The van der Waals surface area contributed by atoms with Gasteiger partial charge in [0.25, 0.3) is 0 Å². The summed E-state index contributed by atoms with van der Waals surface area (Å²) in [4.78, 5) is 12.6. The molecule has 4 aromatic rings. The lowest BCUT2D eigenvalue weighted by Gasteiger charge is -2.28. The van der Waals surface area contributed by atoms with Gasteiger partial charge in [-0.3, -0.25) is 4.79 Å². The van der Waals surface area contributed by atoms with Crippen molar-refractivity contribution >= 4 is 5.97 Å². The van der Waals surface area contributed by atoms with Crippen molar-refractivity contribution in [2.24, 2.45) is 0 Å². The van der Waals surface area contributed by atoms with E-state index in [4.69, 9.17) is 18.9 Å². The van der Waals surface area contributed by atoms with Crippen LogP contribution < -0.4 is 18.9 Å². The molecule has 46 heavy (non-hydrogen) atoms. The smallest absolute Gasteiger partial charge is 0.311 e. The van der Waals surface area contributed by atoms with E-state index in [9.17, 15) is 4.79 Å². The van der Waals surface area contributed by atoms with Crippen LogP contribution in [0, 0.1) is 0 Å². The molecule has 1 unspecified atom stereocenters. The second kappa shape index (κ2) is 18.0. The summed E-state index contributed by atoms with van der Waals surface area (Å²) >= 11 is 0. The summed E-state index contributed by atoms with van der Waals surface area (Å²) in [6.45, 7) is 3.17. The normalized spacial score (nSPS) is 13.8. The Bertz CT molecular complexity index is 1480. The van der Waals surface area contributed by atoms with E-state index >= 15 is 0 Å². The molecule has 0 saturated heterocycles. The molecule has 0 saturated carbocycles. The van der Waals surface area contributed by atoms with Crippen LogP contribution in [0.25, 0.3) is 0 Å². The van der Waals surface area contributed by atoms with Gasteiger partial charge >= 0.3 is 5.97 Å². The summed E-state index contributed by atoms with van der Waals surface area (Å²) in [5.74, 6) is 2.59. The van der Waals surface area contributed by atoms with Gasteiger partial charge in [-0.25, -0.2) is 0 Å². The number of ether oxygens (including phenoxy) is 4. The maximum Gasteiger partial charge on any atom is 0.311 e. The van der Waals surface area contributed by atoms with Gasteiger partial charge in [0.1, 0.15) is 42.3 Å². The third-order valence-electron chi connectivity index (χ3n) is 8.52. The first-order valence-corrected chi connectivity index (χ1v) is 17.2. The summed E-state index contributed by atoms with van der Waals surface area (Å²) in [6.07, 6.45) is 12.9. The Hall–Kier alpha value is -4.25. The molecule has 5 nitrogen and oxygen atoms in total. The fourth-order valence-electron chi connectivity index (χ4n) is 5.87. The minimum atomic E-state index is -0.200. The molecule has 0 aromatic heterocycles. The molecular formula is C41H48O5. The van der Waals surface area contributed by atoms with Gasteiger partial charge in [0.05, 0.1) is 0 Å². The quantitative estimate of drug-likeness (QED) is 0.0629. The molecule has 0 amide bonds. The number of fused-ring (bicyclic) bond motifs is 1. The van der Waals surface area contributed by atoms with E-state index in [1.807, 2.05) is 72.8 Å². The second-order valence-electron chi connectivity index (χ2n) is 12.2. The average molecular weight is 621 g/mol. The third kappa shape index (κ3) is 10.4. The standard InChI is InChI=1S/C41H48O5/c1-2-3-4-5-6-7-8-9-16-21-41(42)45-36-24-22-34-23-27-38(46-39(34)29-36)37-26-25-35(43-30-32-17-12-10-13-18-32)28-40(37)44-31-33-19-14-11-15-20-33/h10-15,17-20,22,24-26,28-29,38H,2-9,16,21,23,27,30-31H2,1H3. The predicted octanol–water partition coefficient (Wildman–Crippen LogP) is 10.7. The monoisotopic (exact) mass is 620 g/mol. The Morgan fingerprint density at radius 3 is 2.02 bits per heavy atom. The molecule has 4 aromatic carbocycles. The van der Waals surface area contributed by atoms with Gasteiger partial charge in [-0.1, -0.05) is 125 Å². The molecule has 0 radical (unpaired) electrons. The average Bonchev–Trinajstić information content (AvgIpc) is 3.10. The van der Waals surface area contributed by atoms with Gasteiger partial charge in [-0.15, -0.1) is 0 Å². The fourth-order valence-corrected chi connectivity index (χ4v) is 5.87. The highest BCUT2D eigenvalue weighted by Gasteiger charge is 2.25. The summed E-state index contributed by atoms with van der Waals surface area (Å²) in [5.41, 5.74) is 4.29. The van der Waals surface area contributed by atoms with Crippen LogP contribution in [0.3, 0.4) is 0 Å². The van der Waals surface area contributed by atoms with E-state index in [1.54, 1.807) is 0 Å². The van der Waals surface area contributed by atoms with Gasteiger partial charge in [0.15, 0.2) is 0 Å². The number of hydrogen-bond donors (Lipinski definition) is 0. The molecule has 5 heteroatoms. The van der Waals surface area contributed by atoms with Gasteiger partial charge in [0.2, 0.25) is 0 Å². The van der Waals surface area contributed by atoms with E-state index in [2.05, 4.69) is 31.2 Å². The van der Waals surface area contributed by atoms with Crippen LogP contribution in [0.5, 0.6) is 23.0 Å². The van der Waals surface area contributed by atoms with Crippen molar-refractivity contribution in [1.82, 2.24) is 0 Å². The maximum atomic E-state index is 12.6. The fraction of sp³-hybridized carbons (Fsp3) is 0.390. The first-order chi connectivity index (χ1) is 22.7. The Morgan fingerprint density at radius 1 is 0.696 bits per heavy atom. The van der Waals surface area contributed by atoms with E-state index < -0.39 is 0 Å². The van der Waals surface area contributed by atoms with Crippen LogP contribution in [-0.4, -0.2) is 5.97 Å². The number of rotatable bonds is 18. The lowest BCUT2D eigenvalue weighted by Crippen LogP contribution is -2.17. The van der Waals surface area contributed by atoms with Gasteiger partial charge < -0.3 is 18.9 Å². The molecule has 1 heterocycles. The van der Waals surface area contributed by atoms with Gasteiger partial charge in [0, 0.05) is 24.1 Å². The predicted molar refractivity (Wildman–Crippen MR) is 184 cm³/mol.